The molecular formula is C7H10ClN3O2. The predicted octanol–water partition coefficient (Wildman–Crippen LogP) is -0.392. The van der Waals surface area contributed by atoms with Gasteiger partial charge in [0.05, 0.1) is 0 Å². The third-order valence-electron chi connectivity index (χ3n) is 1.59. The van der Waals surface area contributed by atoms with Gasteiger partial charge in [0.25, 0.3) is 5.56 Å². The van der Waals surface area contributed by atoms with Crippen LogP contribution in [0.4, 0.5) is 0 Å². The highest BCUT2D eigenvalue weighted by Crippen LogP contribution is 2.06. The molecule has 1 heterocycles. The lowest BCUT2D eigenvalue weighted by Crippen LogP contribution is -2.25. The van der Waals surface area contributed by atoms with Gasteiger partial charge in [0.1, 0.15) is 5.02 Å². The molecule has 6 heteroatoms. The van der Waals surface area contributed by atoms with E-state index in [1.807, 2.05) is 4.98 Å². The Morgan fingerprint density at radius 2 is 2.00 bits per heavy atom. The number of hydrogen-bond acceptors (Lipinski definition) is 3. The average molecular weight is 204 g/mol. The van der Waals surface area contributed by atoms with E-state index in [-0.39, 0.29) is 5.02 Å². The highest BCUT2D eigenvalue weighted by atomic mass is 35.5. The van der Waals surface area contributed by atoms with E-state index < -0.39 is 11.2 Å². The van der Waals surface area contributed by atoms with Crippen LogP contribution in [-0.4, -0.2) is 16.5 Å². The summed E-state index contributed by atoms with van der Waals surface area (Å²) in [6.45, 7) is 0.491. The lowest BCUT2D eigenvalue weighted by Gasteiger charge is -2.00. The number of rotatable bonds is 3. The largest absolute Gasteiger partial charge is 0.330 e. The quantitative estimate of drug-likeness (QED) is 0.625. The maximum atomic E-state index is 11.0. The Morgan fingerprint density at radius 3 is 2.62 bits per heavy atom. The minimum Gasteiger partial charge on any atom is -0.330 e. The van der Waals surface area contributed by atoms with E-state index in [1.165, 1.54) is 0 Å². The van der Waals surface area contributed by atoms with Crippen LogP contribution >= 0.6 is 11.6 Å². The number of H-pyrrole nitrogens is 2. The van der Waals surface area contributed by atoms with Gasteiger partial charge in [0.2, 0.25) is 0 Å². The molecule has 0 radical (unpaired) electrons. The van der Waals surface area contributed by atoms with Gasteiger partial charge in [-0.15, -0.1) is 0 Å². The second-order valence-corrected chi connectivity index (χ2v) is 2.97. The SMILES string of the molecule is NCCCc1[nH]c(=O)[nH]c(=O)c1Cl. The van der Waals surface area contributed by atoms with Crippen LogP contribution in [0.3, 0.4) is 0 Å². The molecule has 0 unspecified atom stereocenters. The van der Waals surface area contributed by atoms with E-state index >= 15 is 0 Å². The number of hydrogen-bond donors (Lipinski definition) is 3. The minimum atomic E-state index is -0.558. The first-order chi connectivity index (χ1) is 6.15. The third-order valence-corrected chi connectivity index (χ3v) is 1.99. The molecule has 0 atom stereocenters. The van der Waals surface area contributed by atoms with Crippen molar-refractivity contribution in [1.29, 1.82) is 0 Å². The Labute approximate surface area is 78.9 Å². The molecule has 0 aliphatic carbocycles. The van der Waals surface area contributed by atoms with Crippen molar-refractivity contribution in [1.82, 2.24) is 9.97 Å². The van der Waals surface area contributed by atoms with Crippen LogP contribution in [-0.2, 0) is 6.42 Å². The molecule has 5 nitrogen and oxygen atoms in total. The molecule has 0 saturated heterocycles. The summed E-state index contributed by atoms with van der Waals surface area (Å²) in [5.74, 6) is 0. The zero-order valence-corrected chi connectivity index (χ0v) is 7.65. The molecule has 0 saturated carbocycles. The second-order valence-electron chi connectivity index (χ2n) is 2.59. The van der Waals surface area contributed by atoms with Crippen molar-refractivity contribution in [2.45, 2.75) is 12.8 Å². The molecule has 72 valence electrons. The Balaban J connectivity index is 3.06. The Hall–Kier alpha value is -1.07. The molecule has 1 rings (SSSR count). The maximum absolute atomic E-state index is 11.0. The summed E-state index contributed by atoms with van der Waals surface area (Å²) in [5.41, 5.74) is 4.63. The van der Waals surface area contributed by atoms with Crippen LogP contribution in [0.2, 0.25) is 5.02 Å². The maximum Gasteiger partial charge on any atom is 0.325 e. The Kier molecular flexibility index (Phi) is 3.27. The van der Waals surface area contributed by atoms with Gasteiger partial charge in [-0.1, -0.05) is 11.6 Å². The fourth-order valence-corrected chi connectivity index (χ4v) is 1.16. The molecule has 4 N–H and O–H groups in total. The van der Waals surface area contributed by atoms with Gasteiger partial charge in [-0.05, 0) is 19.4 Å². The molecule has 0 aromatic carbocycles. The molecule has 0 aliphatic heterocycles. The van der Waals surface area contributed by atoms with Crippen LogP contribution in [0.5, 0.6) is 0 Å². The van der Waals surface area contributed by atoms with Gasteiger partial charge in [-0.3, -0.25) is 9.78 Å². The van der Waals surface area contributed by atoms with Crippen molar-refractivity contribution in [3.63, 3.8) is 0 Å². The molecule has 0 fully saturated rings. The molecule has 0 aliphatic rings. The second kappa shape index (κ2) is 4.25. The van der Waals surface area contributed by atoms with Crippen LogP contribution in [0.1, 0.15) is 12.1 Å². The molecule has 1 aromatic rings. The summed E-state index contributed by atoms with van der Waals surface area (Å²) in [5, 5.41) is 0.0352. The standard InChI is InChI=1S/C7H10ClN3O2/c8-5-4(2-1-3-9)10-7(13)11-6(5)12/h1-3,9H2,(H2,10,11,12,13). The third kappa shape index (κ3) is 2.43. The van der Waals surface area contributed by atoms with E-state index in [0.717, 1.165) is 0 Å². The minimum absolute atomic E-state index is 0.0352. The fraction of sp³-hybridized carbons (Fsp3) is 0.429. The van der Waals surface area contributed by atoms with Crippen LogP contribution in [0.15, 0.2) is 9.59 Å². The average Bonchev–Trinajstić information content (AvgIpc) is 2.09. The molecule has 13 heavy (non-hydrogen) atoms. The number of nitrogens with one attached hydrogen (secondary N) is 2. The summed E-state index contributed by atoms with van der Waals surface area (Å²) >= 11 is 5.65. The van der Waals surface area contributed by atoms with Crippen LogP contribution in [0, 0.1) is 0 Å². The molecular weight excluding hydrogens is 194 g/mol. The van der Waals surface area contributed by atoms with Gasteiger partial charge in [-0.25, -0.2) is 4.79 Å². The van der Waals surface area contributed by atoms with E-state index in [9.17, 15) is 9.59 Å². The highest BCUT2D eigenvalue weighted by molar-refractivity contribution is 6.30. The van der Waals surface area contributed by atoms with Crippen molar-refractivity contribution in [3.05, 3.63) is 31.6 Å². The molecule has 0 bridgehead atoms. The lowest BCUT2D eigenvalue weighted by molar-refractivity contribution is 0.795. The van der Waals surface area contributed by atoms with E-state index in [0.29, 0.717) is 25.1 Å². The van der Waals surface area contributed by atoms with Gasteiger partial charge < -0.3 is 10.7 Å². The normalized spacial score (nSPS) is 10.3. The fourth-order valence-electron chi connectivity index (χ4n) is 0.969. The molecule has 1 aromatic heterocycles. The van der Waals surface area contributed by atoms with Crippen LogP contribution < -0.4 is 17.0 Å². The van der Waals surface area contributed by atoms with Crippen molar-refractivity contribution in [2.24, 2.45) is 5.73 Å². The van der Waals surface area contributed by atoms with E-state index in [4.69, 9.17) is 17.3 Å². The summed E-state index contributed by atoms with van der Waals surface area (Å²) < 4.78 is 0. The zero-order chi connectivity index (χ0) is 9.84. The Morgan fingerprint density at radius 1 is 1.31 bits per heavy atom. The smallest absolute Gasteiger partial charge is 0.325 e. The lowest BCUT2D eigenvalue weighted by atomic mass is 10.2. The highest BCUT2D eigenvalue weighted by Gasteiger charge is 2.05. The van der Waals surface area contributed by atoms with Gasteiger partial charge in [0, 0.05) is 5.69 Å². The summed E-state index contributed by atoms with van der Waals surface area (Å²) in [6, 6.07) is 0. The number of nitrogens with two attached hydrogens (primary N) is 1. The van der Waals surface area contributed by atoms with Gasteiger partial charge in [0.15, 0.2) is 0 Å². The van der Waals surface area contributed by atoms with Gasteiger partial charge in [-0.2, -0.15) is 0 Å². The van der Waals surface area contributed by atoms with Gasteiger partial charge >= 0.3 is 5.69 Å². The van der Waals surface area contributed by atoms with Crippen LogP contribution in [0.25, 0.3) is 0 Å². The first-order valence-electron chi connectivity index (χ1n) is 3.86. The number of aromatic amines is 2. The monoisotopic (exact) mass is 203 g/mol. The zero-order valence-electron chi connectivity index (χ0n) is 6.89. The topological polar surface area (TPSA) is 91.7 Å². The van der Waals surface area contributed by atoms with Crippen molar-refractivity contribution < 1.29 is 0 Å². The number of aryl methyl sites for hydroxylation is 1. The van der Waals surface area contributed by atoms with E-state index in [2.05, 4.69) is 4.98 Å². The Bertz CT molecular complexity index is 395. The number of aromatic nitrogens is 2. The first kappa shape index (κ1) is 10.0. The summed E-state index contributed by atoms with van der Waals surface area (Å²) in [6.07, 6.45) is 1.19. The molecule has 0 spiro atoms. The molecule has 0 amide bonds. The van der Waals surface area contributed by atoms with Crippen molar-refractivity contribution in [3.8, 4) is 0 Å². The van der Waals surface area contributed by atoms with E-state index in [1.54, 1.807) is 0 Å². The van der Waals surface area contributed by atoms with Crippen molar-refractivity contribution in [2.75, 3.05) is 6.54 Å². The summed E-state index contributed by atoms with van der Waals surface area (Å²) in [4.78, 5) is 26.3. The first-order valence-corrected chi connectivity index (χ1v) is 4.24. The van der Waals surface area contributed by atoms with Crippen molar-refractivity contribution >= 4 is 11.6 Å². The number of halogens is 1. The summed E-state index contributed by atoms with van der Waals surface area (Å²) in [7, 11) is 0. The predicted molar refractivity (Wildman–Crippen MR) is 50.1 cm³/mol.